The van der Waals surface area contributed by atoms with Gasteiger partial charge in [0.15, 0.2) is 0 Å². The van der Waals surface area contributed by atoms with Gasteiger partial charge in [0.05, 0.1) is 11.8 Å². The maximum absolute atomic E-state index is 12.8. The Labute approximate surface area is 219 Å². The van der Waals surface area contributed by atoms with Crippen LogP contribution in [-0.2, 0) is 14.3 Å². The Kier molecular flexibility index (Phi) is 6.24. The number of carbonyl (C=O) groups excluding carboxylic acids is 1. The molecule has 0 amide bonds. The smallest absolute Gasteiger partial charge is 0.309 e. The van der Waals surface area contributed by atoms with E-state index in [0.29, 0.717) is 22.2 Å². The molecule has 0 spiro atoms. The maximum Gasteiger partial charge on any atom is 0.309 e. The molecule has 0 heterocycles. The molecule has 0 aliphatic heterocycles. The minimum atomic E-state index is -1.09. The minimum Gasteiger partial charge on any atom is -0.481 e. The fourth-order valence-corrected chi connectivity index (χ4v) is 11.4. The molecular formula is C32H52O4. The Morgan fingerprint density at radius 3 is 2.19 bits per heavy atom. The number of carbonyl (C=O) groups is 2. The van der Waals surface area contributed by atoms with E-state index >= 15 is 0 Å². The van der Waals surface area contributed by atoms with Gasteiger partial charge in [0.2, 0.25) is 0 Å². The van der Waals surface area contributed by atoms with Crippen molar-refractivity contribution in [2.24, 2.45) is 56.7 Å². The lowest BCUT2D eigenvalue weighted by Crippen LogP contribution is -2.63. The molecule has 36 heavy (non-hydrogen) atoms. The van der Waals surface area contributed by atoms with Crippen LogP contribution in [0.2, 0.25) is 0 Å². The fourth-order valence-electron chi connectivity index (χ4n) is 11.4. The summed E-state index contributed by atoms with van der Waals surface area (Å²) in [4.78, 5) is 24.4. The Hall–Kier alpha value is -1.06. The molecule has 5 aliphatic carbocycles. The largest absolute Gasteiger partial charge is 0.481 e. The van der Waals surface area contributed by atoms with Gasteiger partial charge in [-0.05, 0) is 124 Å². The highest BCUT2D eigenvalue weighted by atomic mass is 16.5. The number of esters is 1. The first-order valence-corrected chi connectivity index (χ1v) is 15.1. The number of hydrogen-bond donors (Lipinski definition) is 1. The number of carboxylic acid groups (broad SMARTS) is 1. The number of fused-ring (bicyclic) bond motifs is 7. The Morgan fingerprint density at radius 2 is 1.50 bits per heavy atom. The van der Waals surface area contributed by atoms with Crippen molar-refractivity contribution >= 4 is 11.9 Å². The summed E-state index contributed by atoms with van der Waals surface area (Å²) in [5, 5.41) is 9.46. The summed E-state index contributed by atoms with van der Waals surface area (Å²) in [6, 6.07) is 0. The zero-order chi connectivity index (χ0) is 26.3. The second-order valence-corrected chi connectivity index (χ2v) is 15.9. The standard InChI is InChI=1S/C32H52O4/c1-28(2,27(34)35)19-26(33)36-25-14-18-32(7)23(29(25,3)4)13-17-31(6)22-12-16-30(5)15-8-9-21(30)20(22)10-11-24(31)32/h20-25H,8-19H2,1-7H3,(H,34,35). The predicted octanol–water partition coefficient (Wildman–Crippen LogP) is 7.88. The van der Waals surface area contributed by atoms with E-state index in [9.17, 15) is 14.7 Å². The van der Waals surface area contributed by atoms with Crippen molar-refractivity contribution in [3.63, 3.8) is 0 Å². The zero-order valence-electron chi connectivity index (χ0n) is 24.1. The summed E-state index contributed by atoms with van der Waals surface area (Å²) in [6.45, 7) is 15.8. The Morgan fingerprint density at radius 1 is 0.806 bits per heavy atom. The number of hydrogen-bond acceptors (Lipinski definition) is 3. The predicted molar refractivity (Wildman–Crippen MR) is 142 cm³/mol. The van der Waals surface area contributed by atoms with E-state index < -0.39 is 11.4 Å². The molecule has 9 atom stereocenters. The van der Waals surface area contributed by atoms with E-state index in [0.717, 1.165) is 36.5 Å². The maximum atomic E-state index is 12.8. The summed E-state index contributed by atoms with van der Waals surface area (Å²) in [6.07, 6.45) is 14.4. The average Bonchev–Trinajstić information content (AvgIpc) is 3.17. The van der Waals surface area contributed by atoms with Crippen molar-refractivity contribution in [1.82, 2.24) is 0 Å². The van der Waals surface area contributed by atoms with Gasteiger partial charge in [0.25, 0.3) is 0 Å². The summed E-state index contributed by atoms with van der Waals surface area (Å²) in [5.74, 6) is 2.79. The average molecular weight is 501 g/mol. The second kappa shape index (κ2) is 8.47. The lowest BCUT2D eigenvalue weighted by atomic mass is 9.36. The molecule has 1 N–H and O–H groups in total. The lowest BCUT2D eigenvalue weighted by Gasteiger charge is -2.69. The van der Waals surface area contributed by atoms with Crippen molar-refractivity contribution in [3.05, 3.63) is 0 Å². The van der Waals surface area contributed by atoms with Crippen molar-refractivity contribution in [2.75, 3.05) is 0 Å². The molecule has 5 aliphatic rings. The first kappa shape index (κ1) is 26.5. The van der Waals surface area contributed by atoms with Crippen molar-refractivity contribution in [1.29, 1.82) is 0 Å². The van der Waals surface area contributed by atoms with Crippen LogP contribution in [0.5, 0.6) is 0 Å². The molecule has 9 unspecified atom stereocenters. The first-order chi connectivity index (χ1) is 16.7. The molecule has 0 saturated heterocycles. The van der Waals surface area contributed by atoms with Gasteiger partial charge in [0.1, 0.15) is 6.10 Å². The fraction of sp³-hybridized carbons (Fsp3) is 0.938. The van der Waals surface area contributed by atoms with E-state index in [1.807, 2.05) is 0 Å². The number of ether oxygens (including phenoxy) is 1. The Balaban J connectivity index is 1.34. The topological polar surface area (TPSA) is 63.6 Å². The number of rotatable bonds is 4. The number of aliphatic carboxylic acids is 1. The van der Waals surface area contributed by atoms with Crippen LogP contribution in [0.3, 0.4) is 0 Å². The molecule has 0 bridgehead atoms. The zero-order valence-corrected chi connectivity index (χ0v) is 24.1. The van der Waals surface area contributed by atoms with Gasteiger partial charge < -0.3 is 9.84 Å². The van der Waals surface area contributed by atoms with Gasteiger partial charge in [-0.1, -0.05) is 41.0 Å². The van der Waals surface area contributed by atoms with E-state index in [-0.39, 0.29) is 23.9 Å². The normalized spacial score (nSPS) is 47.6. The highest BCUT2D eigenvalue weighted by Gasteiger charge is 2.66. The van der Waals surface area contributed by atoms with E-state index in [4.69, 9.17) is 4.74 Å². The van der Waals surface area contributed by atoms with Crippen LogP contribution in [0.4, 0.5) is 0 Å². The molecule has 0 aromatic carbocycles. The van der Waals surface area contributed by atoms with Crippen LogP contribution >= 0.6 is 0 Å². The third kappa shape index (κ3) is 3.81. The van der Waals surface area contributed by atoms with Gasteiger partial charge in [0, 0.05) is 5.41 Å². The third-order valence-electron chi connectivity index (χ3n) is 13.3. The van der Waals surface area contributed by atoms with Gasteiger partial charge in [-0.25, -0.2) is 0 Å². The molecule has 4 heteroatoms. The van der Waals surface area contributed by atoms with Crippen molar-refractivity contribution in [3.8, 4) is 0 Å². The minimum absolute atomic E-state index is 0.0688. The van der Waals surface area contributed by atoms with Crippen LogP contribution < -0.4 is 0 Å². The third-order valence-corrected chi connectivity index (χ3v) is 13.3. The molecule has 0 aromatic heterocycles. The SMILES string of the molecule is CC(C)(CC(=O)OC1CCC2(C)C(CCC3(C)C4CCC5(C)CCCC5C4CCC32)C1(C)C)C(=O)O. The molecule has 4 nitrogen and oxygen atoms in total. The van der Waals surface area contributed by atoms with Crippen LogP contribution in [0.15, 0.2) is 0 Å². The van der Waals surface area contributed by atoms with E-state index in [1.54, 1.807) is 13.8 Å². The monoisotopic (exact) mass is 500 g/mol. The Bertz CT molecular complexity index is 906. The van der Waals surface area contributed by atoms with Crippen LogP contribution in [0, 0.1) is 56.7 Å². The van der Waals surface area contributed by atoms with Crippen LogP contribution in [0.25, 0.3) is 0 Å². The highest BCUT2D eigenvalue weighted by molar-refractivity contribution is 5.81. The van der Waals surface area contributed by atoms with Gasteiger partial charge >= 0.3 is 11.9 Å². The molecule has 5 saturated carbocycles. The molecule has 204 valence electrons. The molecule has 5 fully saturated rings. The van der Waals surface area contributed by atoms with Gasteiger partial charge in [-0.15, -0.1) is 0 Å². The molecule has 0 aromatic rings. The summed E-state index contributed by atoms with van der Waals surface area (Å²) in [7, 11) is 0. The summed E-state index contributed by atoms with van der Waals surface area (Å²) < 4.78 is 6.09. The summed E-state index contributed by atoms with van der Waals surface area (Å²) in [5.41, 5.74) is 0.171. The van der Waals surface area contributed by atoms with Gasteiger partial charge in [-0.3, -0.25) is 9.59 Å². The van der Waals surface area contributed by atoms with Gasteiger partial charge in [-0.2, -0.15) is 0 Å². The second-order valence-electron chi connectivity index (χ2n) is 15.9. The summed E-state index contributed by atoms with van der Waals surface area (Å²) >= 11 is 0. The molecular weight excluding hydrogens is 448 g/mol. The lowest BCUT2D eigenvalue weighted by molar-refractivity contribution is -0.221. The first-order valence-electron chi connectivity index (χ1n) is 15.1. The van der Waals surface area contributed by atoms with E-state index in [2.05, 4.69) is 34.6 Å². The quantitative estimate of drug-likeness (QED) is 0.399. The van der Waals surface area contributed by atoms with Crippen LogP contribution in [-0.4, -0.2) is 23.1 Å². The molecule has 5 rings (SSSR count). The van der Waals surface area contributed by atoms with Crippen LogP contribution in [0.1, 0.15) is 126 Å². The molecule has 0 radical (unpaired) electrons. The van der Waals surface area contributed by atoms with Crippen molar-refractivity contribution in [2.45, 2.75) is 132 Å². The highest BCUT2D eigenvalue weighted by Crippen LogP contribution is 2.73. The van der Waals surface area contributed by atoms with E-state index in [1.165, 1.54) is 57.8 Å². The van der Waals surface area contributed by atoms with Crippen molar-refractivity contribution < 1.29 is 19.4 Å². The number of carboxylic acids is 1.